The highest BCUT2D eigenvalue weighted by atomic mass is 35.5. The van der Waals surface area contributed by atoms with Crippen molar-refractivity contribution >= 4 is 29.5 Å². The van der Waals surface area contributed by atoms with E-state index in [0.29, 0.717) is 6.42 Å². The van der Waals surface area contributed by atoms with Crippen molar-refractivity contribution < 1.29 is 33.7 Å². The van der Waals surface area contributed by atoms with Crippen molar-refractivity contribution in [1.29, 1.82) is 0 Å². The largest absolute Gasteiger partial charge is 0.509 e. The molecule has 4 aliphatic rings. The van der Waals surface area contributed by atoms with Gasteiger partial charge in [-0.3, -0.25) is 4.79 Å². The van der Waals surface area contributed by atoms with Gasteiger partial charge in [0.2, 0.25) is 5.60 Å². The Balaban J connectivity index is 1.73. The zero-order chi connectivity index (χ0) is 23.3. The number of aliphatic hydroxyl groups is 1. The Morgan fingerprint density at radius 2 is 2.00 bits per heavy atom. The van der Waals surface area contributed by atoms with Gasteiger partial charge < -0.3 is 19.3 Å². The Morgan fingerprint density at radius 1 is 1.25 bits per heavy atom. The highest BCUT2D eigenvalue weighted by Gasteiger charge is 2.71. The molecule has 0 aliphatic heterocycles. The summed E-state index contributed by atoms with van der Waals surface area (Å²) in [6.45, 7) is 5.77. The fourth-order valence-corrected chi connectivity index (χ4v) is 7.41. The molecule has 7 atom stereocenters. The first-order valence-electron chi connectivity index (χ1n) is 11.3. The van der Waals surface area contributed by atoms with Gasteiger partial charge in [0.1, 0.15) is 0 Å². The van der Waals surface area contributed by atoms with Crippen LogP contribution >= 0.6 is 11.6 Å². The van der Waals surface area contributed by atoms with E-state index >= 15 is 0 Å². The predicted molar refractivity (Wildman–Crippen MR) is 116 cm³/mol. The number of allylic oxidation sites excluding steroid dienone is 4. The molecule has 7 nitrogen and oxygen atoms in total. The van der Waals surface area contributed by atoms with Gasteiger partial charge >= 0.3 is 12.1 Å². The number of aliphatic hydroxyl groups excluding tert-OH is 1. The van der Waals surface area contributed by atoms with E-state index in [0.717, 1.165) is 18.4 Å². The molecule has 0 radical (unpaired) electrons. The number of hydrogen-bond donors (Lipinski definition) is 1. The maximum atomic E-state index is 13.2. The van der Waals surface area contributed by atoms with Crippen LogP contribution in [0.4, 0.5) is 4.79 Å². The molecule has 0 spiro atoms. The number of carbonyl (C=O) groups is 3. The van der Waals surface area contributed by atoms with E-state index in [4.69, 9.17) is 25.8 Å². The molecule has 0 saturated heterocycles. The van der Waals surface area contributed by atoms with Gasteiger partial charge in [-0.2, -0.15) is 0 Å². The standard InChI is InChI=1S/C24H31ClO7/c1-4-30-21(29)32-24(20(28)31-13-25)10-8-17-16-6-5-14-11-15(26)7-9-22(14,2)19(16)18(27)12-23(17,24)3/h7,9,11,16-19,27H,4-6,8,10,12-13H2,1-3H3/t16-,17+,18-,19-,22-,23-,24-/m0/s1. The second-order valence-electron chi connectivity index (χ2n) is 9.90. The van der Waals surface area contributed by atoms with E-state index in [2.05, 4.69) is 6.92 Å². The van der Waals surface area contributed by atoms with E-state index in [1.165, 1.54) is 0 Å². The summed E-state index contributed by atoms with van der Waals surface area (Å²) in [6, 6.07) is -0.354. The molecule has 0 aromatic carbocycles. The SMILES string of the molecule is CCOC(=O)O[C@]1(C(=O)OCCl)CC[C@@H]2[C@@H]3CCC4=CC(=O)C=C[C@]4(C)[C@@H]3[C@@H](O)C[C@@]21C. The summed E-state index contributed by atoms with van der Waals surface area (Å²) in [7, 11) is 0. The minimum absolute atomic E-state index is 0.0161. The van der Waals surface area contributed by atoms with Crippen LogP contribution < -0.4 is 0 Å². The second kappa shape index (κ2) is 8.17. The molecule has 4 aliphatic carbocycles. The molecule has 0 bridgehead atoms. The lowest BCUT2D eigenvalue weighted by Gasteiger charge is -2.59. The first-order valence-corrected chi connectivity index (χ1v) is 11.9. The number of carbonyl (C=O) groups excluding carboxylic acids is 3. The summed E-state index contributed by atoms with van der Waals surface area (Å²) >= 11 is 5.70. The van der Waals surface area contributed by atoms with Gasteiger partial charge in [0, 0.05) is 16.7 Å². The number of alkyl halides is 1. The Kier molecular flexibility index (Phi) is 5.95. The highest BCUT2D eigenvalue weighted by Crippen LogP contribution is 2.68. The molecule has 3 saturated carbocycles. The molecule has 0 amide bonds. The predicted octanol–water partition coefficient (Wildman–Crippen LogP) is 3.92. The lowest BCUT2D eigenvalue weighted by atomic mass is 9.46. The molecule has 4 rings (SSSR count). The van der Waals surface area contributed by atoms with E-state index in [1.807, 2.05) is 13.0 Å². The maximum absolute atomic E-state index is 13.2. The van der Waals surface area contributed by atoms with Crippen molar-refractivity contribution in [3.05, 3.63) is 23.8 Å². The van der Waals surface area contributed by atoms with Gasteiger partial charge in [-0.15, -0.1) is 0 Å². The van der Waals surface area contributed by atoms with Gasteiger partial charge in [-0.1, -0.05) is 37.1 Å². The molecule has 3 fully saturated rings. The summed E-state index contributed by atoms with van der Waals surface area (Å²) in [5.74, 6) is -0.676. The van der Waals surface area contributed by atoms with Crippen LogP contribution in [0.2, 0.25) is 0 Å². The van der Waals surface area contributed by atoms with E-state index < -0.39 is 34.7 Å². The summed E-state index contributed by atoms with van der Waals surface area (Å²) in [4.78, 5) is 37.5. The molecule has 32 heavy (non-hydrogen) atoms. The molecule has 0 unspecified atom stereocenters. The number of esters is 1. The van der Waals surface area contributed by atoms with Crippen molar-refractivity contribution in [2.24, 2.45) is 28.6 Å². The van der Waals surface area contributed by atoms with Gasteiger partial charge in [-0.25, -0.2) is 9.59 Å². The molecule has 0 heterocycles. The number of halogens is 1. The average Bonchev–Trinajstić information content (AvgIpc) is 3.01. The van der Waals surface area contributed by atoms with Crippen LogP contribution in [0.1, 0.15) is 52.9 Å². The third kappa shape index (κ3) is 3.23. The molecular weight excluding hydrogens is 436 g/mol. The van der Waals surface area contributed by atoms with Gasteiger partial charge in [0.15, 0.2) is 11.8 Å². The smallest absolute Gasteiger partial charge is 0.446 e. The second-order valence-corrected chi connectivity index (χ2v) is 10.1. The number of rotatable bonds is 4. The number of ketones is 1. The van der Waals surface area contributed by atoms with Crippen LogP contribution in [0, 0.1) is 28.6 Å². The Bertz CT molecular complexity index is 882. The molecular formula is C24H31ClO7. The molecule has 8 heteroatoms. The molecule has 0 aromatic heterocycles. The first kappa shape index (κ1) is 23.3. The fourth-order valence-electron chi connectivity index (χ4n) is 7.31. The van der Waals surface area contributed by atoms with Gasteiger partial charge in [-0.05, 0) is 63.0 Å². The Hall–Kier alpha value is -1.86. The monoisotopic (exact) mass is 466 g/mol. The average molecular weight is 467 g/mol. The molecule has 0 aromatic rings. The van der Waals surface area contributed by atoms with Crippen molar-refractivity contribution in [2.75, 3.05) is 12.7 Å². The summed E-state index contributed by atoms with van der Waals surface area (Å²) in [5, 5.41) is 11.5. The number of fused-ring (bicyclic) bond motifs is 5. The van der Waals surface area contributed by atoms with Crippen LogP contribution in [-0.4, -0.2) is 47.4 Å². The summed E-state index contributed by atoms with van der Waals surface area (Å²) < 4.78 is 15.9. The lowest BCUT2D eigenvalue weighted by Crippen LogP contribution is -2.62. The summed E-state index contributed by atoms with van der Waals surface area (Å²) in [6.07, 6.45) is 6.31. The summed E-state index contributed by atoms with van der Waals surface area (Å²) in [5.41, 5.74) is -1.76. The minimum Gasteiger partial charge on any atom is -0.446 e. The van der Waals surface area contributed by atoms with Crippen LogP contribution in [0.25, 0.3) is 0 Å². The third-order valence-corrected chi connectivity index (χ3v) is 8.76. The first-order chi connectivity index (χ1) is 15.1. The fraction of sp³-hybridized carbons (Fsp3) is 0.708. The third-order valence-electron chi connectivity index (χ3n) is 8.65. The van der Waals surface area contributed by atoms with E-state index in [9.17, 15) is 19.5 Å². The Labute approximate surface area is 193 Å². The van der Waals surface area contributed by atoms with Crippen molar-refractivity contribution in [2.45, 2.75) is 64.6 Å². The van der Waals surface area contributed by atoms with Crippen LogP contribution in [-0.2, 0) is 23.8 Å². The van der Waals surface area contributed by atoms with E-state index in [-0.39, 0.29) is 49.1 Å². The van der Waals surface area contributed by atoms with Gasteiger partial charge in [0.25, 0.3) is 0 Å². The maximum Gasteiger partial charge on any atom is 0.509 e. The van der Waals surface area contributed by atoms with Crippen LogP contribution in [0.3, 0.4) is 0 Å². The zero-order valence-corrected chi connectivity index (χ0v) is 19.5. The van der Waals surface area contributed by atoms with Crippen molar-refractivity contribution in [3.63, 3.8) is 0 Å². The topological polar surface area (TPSA) is 99.1 Å². The normalized spacial score (nSPS) is 42.3. The Morgan fingerprint density at radius 3 is 2.69 bits per heavy atom. The van der Waals surface area contributed by atoms with Crippen LogP contribution in [0.5, 0.6) is 0 Å². The molecule has 176 valence electrons. The minimum atomic E-state index is -1.57. The molecule has 1 N–H and O–H groups in total. The van der Waals surface area contributed by atoms with Crippen LogP contribution in [0.15, 0.2) is 23.8 Å². The number of hydrogen-bond acceptors (Lipinski definition) is 7. The number of ether oxygens (including phenoxy) is 3. The van der Waals surface area contributed by atoms with Gasteiger partial charge in [0.05, 0.1) is 12.7 Å². The van der Waals surface area contributed by atoms with Crippen molar-refractivity contribution in [1.82, 2.24) is 0 Å². The lowest BCUT2D eigenvalue weighted by molar-refractivity contribution is -0.199. The zero-order valence-electron chi connectivity index (χ0n) is 18.8. The quantitative estimate of drug-likeness (QED) is 0.495. The highest BCUT2D eigenvalue weighted by molar-refractivity contribution is 6.17. The van der Waals surface area contributed by atoms with E-state index in [1.54, 1.807) is 19.1 Å². The van der Waals surface area contributed by atoms with Crippen molar-refractivity contribution in [3.8, 4) is 0 Å².